The summed E-state index contributed by atoms with van der Waals surface area (Å²) in [7, 11) is 2.17. The quantitative estimate of drug-likeness (QED) is 0.688. The highest BCUT2D eigenvalue weighted by atomic mass is 15.1. The second-order valence-corrected chi connectivity index (χ2v) is 4.04. The molecule has 0 unspecified atom stereocenters. The maximum absolute atomic E-state index is 2.43. The SMILES string of the molecule is CCCN(CC)CC.CN1CCCC1. The maximum atomic E-state index is 2.43. The summed E-state index contributed by atoms with van der Waals surface area (Å²) in [4.78, 5) is 4.79. The normalized spacial score (nSPS) is 16.9. The zero-order chi connectivity index (χ0) is 10.8. The molecule has 14 heavy (non-hydrogen) atoms. The van der Waals surface area contributed by atoms with Crippen molar-refractivity contribution >= 4 is 0 Å². The summed E-state index contributed by atoms with van der Waals surface area (Å²) in [6.07, 6.45) is 4.11. The van der Waals surface area contributed by atoms with Gasteiger partial charge < -0.3 is 9.80 Å². The molecule has 1 saturated heterocycles. The lowest BCUT2D eigenvalue weighted by Crippen LogP contribution is -2.23. The zero-order valence-electron chi connectivity index (χ0n) is 10.6. The molecule has 1 fully saturated rings. The fraction of sp³-hybridized carbons (Fsp3) is 1.00. The van der Waals surface area contributed by atoms with Gasteiger partial charge in [-0.2, -0.15) is 0 Å². The van der Waals surface area contributed by atoms with E-state index in [-0.39, 0.29) is 0 Å². The van der Waals surface area contributed by atoms with Gasteiger partial charge in [0.15, 0.2) is 0 Å². The van der Waals surface area contributed by atoms with E-state index in [0.29, 0.717) is 0 Å². The molecule has 1 aliphatic heterocycles. The number of hydrogen-bond acceptors (Lipinski definition) is 2. The van der Waals surface area contributed by atoms with Crippen molar-refractivity contribution in [2.24, 2.45) is 0 Å². The van der Waals surface area contributed by atoms with Gasteiger partial charge in [0.2, 0.25) is 0 Å². The highest BCUT2D eigenvalue weighted by molar-refractivity contribution is 4.59. The van der Waals surface area contributed by atoms with E-state index >= 15 is 0 Å². The Hall–Kier alpha value is -0.0800. The molecule has 0 aliphatic carbocycles. The lowest BCUT2D eigenvalue weighted by molar-refractivity contribution is 0.304. The molecule has 1 aliphatic rings. The van der Waals surface area contributed by atoms with Crippen LogP contribution < -0.4 is 0 Å². The molecule has 2 nitrogen and oxygen atoms in total. The van der Waals surface area contributed by atoms with Crippen molar-refractivity contribution in [1.29, 1.82) is 0 Å². The molecule has 0 spiro atoms. The summed E-state index contributed by atoms with van der Waals surface area (Å²) < 4.78 is 0. The van der Waals surface area contributed by atoms with Crippen LogP contribution in [-0.4, -0.2) is 49.6 Å². The topological polar surface area (TPSA) is 6.48 Å². The first-order chi connectivity index (χ1) is 6.74. The Morgan fingerprint density at radius 1 is 1.00 bits per heavy atom. The Bertz CT molecular complexity index is 105. The van der Waals surface area contributed by atoms with E-state index in [2.05, 4.69) is 37.6 Å². The van der Waals surface area contributed by atoms with Crippen molar-refractivity contribution in [3.63, 3.8) is 0 Å². The lowest BCUT2D eigenvalue weighted by atomic mass is 10.4. The number of hydrogen-bond donors (Lipinski definition) is 0. The van der Waals surface area contributed by atoms with Crippen molar-refractivity contribution in [3.8, 4) is 0 Å². The van der Waals surface area contributed by atoms with Crippen LogP contribution in [-0.2, 0) is 0 Å². The van der Waals surface area contributed by atoms with Crippen molar-refractivity contribution in [1.82, 2.24) is 9.80 Å². The molecular formula is C12H28N2. The minimum atomic E-state index is 1.20. The highest BCUT2D eigenvalue weighted by Crippen LogP contribution is 2.02. The zero-order valence-corrected chi connectivity index (χ0v) is 10.6. The Labute approximate surface area is 90.3 Å². The van der Waals surface area contributed by atoms with E-state index < -0.39 is 0 Å². The second kappa shape index (κ2) is 9.47. The molecule has 0 amide bonds. The predicted octanol–water partition coefficient (Wildman–Crippen LogP) is 2.45. The van der Waals surface area contributed by atoms with E-state index in [1.807, 2.05) is 0 Å². The van der Waals surface area contributed by atoms with Crippen LogP contribution in [0.3, 0.4) is 0 Å². The molecule has 0 atom stereocenters. The van der Waals surface area contributed by atoms with E-state index in [1.54, 1.807) is 0 Å². The van der Waals surface area contributed by atoms with Crippen LogP contribution in [0.4, 0.5) is 0 Å². The summed E-state index contributed by atoms with van der Waals surface area (Å²) in [5.41, 5.74) is 0. The smallest absolute Gasteiger partial charge is 0.00213 e. The van der Waals surface area contributed by atoms with Crippen molar-refractivity contribution in [2.75, 3.05) is 39.8 Å². The van der Waals surface area contributed by atoms with Crippen LogP contribution in [0.1, 0.15) is 40.0 Å². The largest absolute Gasteiger partial charge is 0.306 e. The van der Waals surface area contributed by atoms with Crippen molar-refractivity contribution in [3.05, 3.63) is 0 Å². The molecule has 0 aromatic heterocycles. The van der Waals surface area contributed by atoms with Crippen LogP contribution >= 0.6 is 0 Å². The Balaban J connectivity index is 0.000000249. The van der Waals surface area contributed by atoms with Gasteiger partial charge >= 0.3 is 0 Å². The average molecular weight is 200 g/mol. The summed E-state index contributed by atoms with van der Waals surface area (Å²) in [5, 5.41) is 0. The third-order valence-corrected chi connectivity index (χ3v) is 2.76. The van der Waals surface area contributed by atoms with E-state index in [4.69, 9.17) is 0 Å². The second-order valence-electron chi connectivity index (χ2n) is 4.04. The molecule has 0 saturated carbocycles. The van der Waals surface area contributed by atoms with Crippen molar-refractivity contribution in [2.45, 2.75) is 40.0 Å². The minimum absolute atomic E-state index is 1.20. The third-order valence-electron chi connectivity index (χ3n) is 2.76. The number of rotatable bonds is 4. The lowest BCUT2D eigenvalue weighted by Gasteiger charge is -2.15. The first-order valence-electron chi connectivity index (χ1n) is 6.15. The summed E-state index contributed by atoms with van der Waals surface area (Å²) >= 11 is 0. The third kappa shape index (κ3) is 7.34. The molecule has 0 aromatic rings. The van der Waals surface area contributed by atoms with Gasteiger partial charge in [-0.15, -0.1) is 0 Å². The Kier molecular flexibility index (Phi) is 9.42. The van der Waals surface area contributed by atoms with Gasteiger partial charge in [-0.3, -0.25) is 0 Å². The van der Waals surface area contributed by atoms with Gasteiger partial charge in [-0.25, -0.2) is 0 Å². The highest BCUT2D eigenvalue weighted by Gasteiger charge is 2.03. The molecular weight excluding hydrogens is 172 g/mol. The van der Waals surface area contributed by atoms with Crippen molar-refractivity contribution < 1.29 is 0 Å². The molecule has 1 heterocycles. The van der Waals surface area contributed by atoms with Crippen LogP contribution in [0.5, 0.6) is 0 Å². The standard InChI is InChI=1S/C7H17N.C5H11N/c1-4-7-8(5-2)6-3;1-6-4-2-3-5-6/h4-7H2,1-3H3;2-5H2,1H3. The molecule has 0 radical (unpaired) electrons. The summed E-state index contributed by atoms with van der Waals surface area (Å²) in [5.74, 6) is 0. The number of nitrogens with zero attached hydrogens (tertiary/aromatic N) is 2. The van der Waals surface area contributed by atoms with Crippen LogP contribution in [0, 0.1) is 0 Å². The van der Waals surface area contributed by atoms with E-state index in [1.165, 1.54) is 52.0 Å². The molecule has 1 rings (SSSR count). The fourth-order valence-electron chi connectivity index (χ4n) is 1.73. The maximum Gasteiger partial charge on any atom is -0.00213 e. The Morgan fingerprint density at radius 2 is 1.50 bits per heavy atom. The van der Waals surface area contributed by atoms with Gasteiger partial charge in [-0.05, 0) is 59.0 Å². The monoisotopic (exact) mass is 200 g/mol. The Morgan fingerprint density at radius 3 is 1.64 bits per heavy atom. The van der Waals surface area contributed by atoms with Gasteiger partial charge in [0.1, 0.15) is 0 Å². The van der Waals surface area contributed by atoms with Gasteiger partial charge in [0.05, 0.1) is 0 Å². The fourth-order valence-corrected chi connectivity index (χ4v) is 1.73. The molecule has 0 bridgehead atoms. The van der Waals surface area contributed by atoms with Crippen LogP contribution in [0.2, 0.25) is 0 Å². The number of likely N-dealkylation sites (tertiary alicyclic amines) is 1. The minimum Gasteiger partial charge on any atom is -0.306 e. The first-order valence-corrected chi connectivity index (χ1v) is 6.15. The van der Waals surface area contributed by atoms with Crippen LogP contribution in [0.25, 0.3) is 0 Å². The average Bonchev–Trinajstić information content (AvgIpc) is 2.66. The van der Waals surface area contributed by atoms with Gasteiger partial charge in [0, 0.05) is 0 Å². The molecule has 2 heteroatoms. The summed E-state index contributed by atoms with van der Waals surface area (Å²) in [6, 6.07) is 0. The summed E-state index contributed by atoms with van der Waals surface area (Å²) in [6.45, 7) is 12.9. The van der Waals surface area contributed by atoms with Gasteiger partial charge in [0.25, 0.3) is 0 Å². The van der Waals surface area contributed by atoms with Crippen LogP contribution in [0.15, 0.2) is 0 Å². The van der Waals surface area contributed by atoms with E-state index in [9.17, 15) is 0 Å². The first kappa shape index (κ1) is 13.9. The molecule has 0 N–H and O–H groups in total. The molecule has 86 valence electrons. The predicted molar refractivity (Wildman–Crippen MR) is 64.8 cm³/mol. The molecule has 0 aromatic carbocycles. The van der Waals surface area contributed by atoms with E-state index in [0.717, 1.165) is 0 Å². The van der Waals surface area contributed by atoms with Gasteiger partial charge in [-0.1, -0.05) is 20.8 Å².